The van der Waals surface area contributed by atoms with Crippen molar-refractivity contribution >= 4 is 35.2 Å². The smallest absolute Gasteiger partial charge is 0.165 e. The van der Waals surface area contributed by atoms with Crippen LogP contribution in [0, 0.1) is 17.9 Å². The first-order valence-corrected chi connectivity index (χ1v) is 18.5. The fourth-order valence-electron chi connectivity index (χ4n) is 5.41. The monoisotopic (exact) mass is 800 g/mol. The van der Waals surface area contributed by atoms with Crippen LogP contribution in [0.3, 0.4) is 0 Å². The molecule has 6 heteroatoms. The number of halogens is 1. The summed E-state index contributed by atoms with van der Waals surface area (Å²) in [7, 11) is -1.46. The van der Waals surface area contributed by atoms with Gasteiger partial charge in [0, 0.05) is 39.3 Å². The number of pyridine rings is 2. The molecule has 3 heterocycles. The van der Waals surface area contributed by atoms with Gasteiger partial charge >= 0.3 is 0 Å². The van der Waals surface area contributed by atoms with Crippen LogP contribution >= 0.6 is 0 Å². The minimum Gasteiger partial charge on any atom is -0.498 e. The van der Waals surface area contributed by atoms with E-state index in [1.807, 2.05) is 56.3 Å². The molecule has 233 valence electrons. The summed E-state index contributed by atoms with van der Waals surface area (Å²) in [6, 6.07) is 39.5. The Morgan fingerprint density at radius 2 is 1.54 bits per heavy atom. The molecule has 0 unspecified atom stereocenters. The topological polar surface area (TPSA) is 38.9 Å². The van der Waals surface area contributed by atoms with Gasteiger partial charge in [0.05, 0.1) is 13.7 Å². The van der Waals surface area contributed by atoms with E-state index in [1.165, 1.54) is 22.4 Å². The van der Waals surface area contributed by atoms with Gasteiger partial charge in [-0.15, -0.1) is 54.1 Å². The first-order valence-electron chi connectivity index (χ1n) is 15.5. The summed E-state index contributed by atoms with van der Waals surface area (Å²) in [6.07, 6.45) is 3.75. The maximum absolute atomic E-state index is 14.0. The fourth-order valence-corrected chi connectivity index (χ4v) is 6.88. The Hall–Kier alpha value is -4.22. The molecule has 3 nitrogen and oxygen atoms in total. The van der Waals surface area contributed by atoms with E-state index in [-0.39, 0.29) is 31.5 Å². The van der Waals surface area contributed by atoms with E-state index in [0.29, 0.717) is 16.8 Å². The molecule has 0 fully saturated rings. The second kappa shape index (κ2) is 14.0. The minimum absolute atomic E-state index is 0. The van der Waals surface area contributed by atoms with Crippen LogP contribution in [-0.4, -0.2) is 18.0 Å². The van der Waals surface area contributed by atoms with Crippen molar-refractivity contribution in [2.75, 3.05) is 0 Å². The summed E-state index contributed by atoms with van der Waals surface area (Å²) in [5, 5.41) is 2.96. The van der Waals surface area contributed by atoms with Crippen molar-refractivity contribution < 1.29 is 30.3 Å². The van der Waals surface area contributed by atoms with Crippen molar-refractivity contribution in [3.63, 3.8) is 0 Å². The molecule has 46 heavy (non-hydrogen) atoms. The van der Waals surface area contributed by atoms with Gasteiger partial charge in [0.15, 0.2) is 11.4 Å². The molecule has 7 rings (SSSR count). The normalized spacial score (nSPS) is 11.8. The third-order valence-electron chi connectivity index (χ3n) is 7.79. The predicted octanol–water partition coefficient (Wildman–Crippen LogP) is 10.5. The fraction of sp³-hybridized carbons (Fsp3) is 0.150. The molecule has 0 aliphatic carbocycles. The Morgan fingerprint density at radius 3 is 2.26 bits per heavy atom. The number of hydrogen-bond donors (Lipinski definition) is 0. The number of rotatable bonds is 5. The molecule has 0 amide bonds. The van der Waals surface area contributed by atoms with Crippen LogP contribution in [0.1, 0.15) is 26.7 Å². The third kappa shape index (κ3) is 6.95. The van der Waals surface area contributed by atoms with Crippen LogP contribution < -0.4 is 5.19 Å². The number of benzene rings is 4. The van der Waals surface area contributed by atoms with Gasteiger partial charge in [0.2, 0.25) is 0 Å². The van der Waals surface area contributed by atoms with Gasteiger partial charge in [0.25, 0.3) is 0 Å². The second-order valence-electron chi connectivity index (χ2n) is 12.3. The molecule has 0 aliphatic rings. The van der Waals surface area contributed by atoms with Gasteiger partial charge in [-0.25, -0.2) is 4.39 Å². The first-order chi connectivity index (χ1) is 22.0. The van der Waals surface area contributed by atoms with Crippen molar-refractivity contribution in [2.45, 2.75) is 39.4 Å². The molecule has 0 bridgehead atoms. The van der Waals surface area contributed by atoms with Gasteiger partial charge in [-0.2, -0.15) is 0 Å². The molecule has 4 aromatic carbocycles. The molecule has 0 atom stereocenters. The Labute approximate surface area is 286 Å². The van der Waals surface area contributed by atoms with E-state index < -0.39 is 14.0 Å². The molecule has 0 N–H and O–H groups in total. The number of furan rings is 1. The van der Waals surface area contributed by atoms with Gasteiger partial charge in [-0.1, -0.05) is 105 Å². The van der Waals surface area contributed by atoms with E-state index in [4.69, 9.17) is 10.8 Å². The van der Waals surface area contributed by atoms with Crippen LogP contribution in [0.25, 0.3) is 55.6 Å². The SMILES string of the molecule is C[Si](C)(C)c1cnc(-c2[c-]cccc2)cc1-c1ccccc1.[2H]C(C)(C)c1ccnc(-c2[c-]ccc3c2oc2c(F)cccc23)c1.[Ir]. The molecular formula is C40H35FIrN2OSi-2. The standard InChI is InChI=1S/C20H15FNO.C20H20NSi.Ir/c1-12(2)13-9-10-22-18(11-13)16-7-3-5-14-15-6-4-8-17(21)20(15)23-19(14)16;1-22(2,3)20-15-21-19(17-12-8-5-9-13-17)14-18(20)16-10-6-4-7-11-16;/h3-6,8-12H,1-2H3;4-12,14-15H,1-3H3;/q2*-1;/i12D;;. The van der Waals surface area contributed by atoms with Crippen LogP contribution in [0.15, 0.2) is 120 Å². The van der Waals surface area contributed by atoms with E-state index >= 15 is 0 Å². The van der Waals surface area contributed by atoms with Crippen molar-refractivity contribution in [1.82, 2.24) is 9.97 Å². The summed E-state index contributed by atoms with van der Waals surface area (Å²) < 4.78 is 28.0. The summed E-state index contributed by atoms with van der Waals surface area (Å²) >= 11 is 0. The summed E-state index contributed by atoms with van der Waals surface area (Å²) in [4.78, 5) is 9.10. The average molecular weight is 800 g/mol. The van der Waals surface area contributed by atoms with Gasteiger partial charge in [0.1, 0.15) is 0 Å². The number of hydrogen-bond acceptors (Lipinski definition) is 3. The maximum Gasteiger partial charge on any atom is 0.165 e. The van der Waals surface area contributed by atoms with Crippen molar-refractivity contribution in [2.24, 2.45) is 0 Å². The molecule has 0 aliphatic heterocycles. The van der Waals surface area contributed by atoms with Crippen LogP contribution in [0.4, 0.5) is 4.39 Å². The van der Waals surface area contributed by atoms with Crippen LogP contribution in [-0.2, 0) is 20.1 Å². The zero-order valence-corrected chi connectivity index (χ0v) is 29.9. The van der Waals surface area contributed by atoms with Crippen molar-refractivity contribution in [1.29, 1.82) is 0 Å². The molecule has 1 radical (unpaired) electrons. The van der Waals surface area contributed by atoms with Gasteiger partial charge in [-0.05, 0) is 45.7 Å². The minimum atomic E-state index is -1.46. The Kier molecular flexibility index (Phi) is 9.69. The van der Waals surface area contributed by atoms with Crippen LogP contribution in [0.2, 0.25) is 19.6 Å². The van der Waals surface area contributed by atoms with Crippen molar-refractivity contribution in [3.8, 4) is 33.6 Å². The van der Waals surface area contributed by atoms with E-state index in [1.54, 1.807) is 18.3 Å². The summed E-state index contributed by atoms with van der Waals surface area (Å²) in [6.45, 7) is 10.8. The number of fused-ring (bicyclic) bond motifs is 3. The zero-order valence-electron chi connectivity index (χ0n) is 27.5. The van der Waals surface area contributed by atoms with E-state index in [2.05, 4.69) is 85.4 Å². The Bertz CT molecular complexity index is 2140. The summed E-state index contributed by atoms with van der Waals surface area (Å²) in [5.74, 6) is -1.12. The molecule has 3 aromatic heterocycles. The summed E-state index contributed by atoms with van der Waals surface area (Å²) in [5.41, 5.74) is 7.59. The van der Waals surface area contributed by atoms with Gasteiger partial charge in [-0.3, -0.25) is 0 Å². The van der Waals surface area contributed by atoms with Crippen LogP contribution in [0.5, 0.6) is 0 Å². The number of para-hydroxylation sites is 1. The second-order valence-corrected chi connectivity index (χ2v) is 17.3. The molecule has 0 saturated heterocycles. The molecule has 0 saturated carbocycles. The van der Waals surface area contributed by atoms with E-state index in [0.717, 1.165) is 27.6 Å². The molecule has 7 aromatic rings. The van der Waals surface area contributed by atoms with Crippen molar-refractivity contribution in [3.05, 3.63) is 139 Å². The first kappa shape index (κ1) is 31.7. The quantitative estimate of drug-likeness (QED) is 0.129. The number of nitrogens with zero attached hydrogens (tertiary/aromatic N) is 2. The third-order valence-corrected chi connectivity index (χ3v) is 9.80. The number of aromatic nitrogens is 2. The largest absolute Gasteiger partial charge is 0.498 e. The Balaban J connectivity index is 0.000000181. The van der Waals surface area contributed by atoms with Gasteiger partial charge < -0.3 is 14.4 Å². The zero-order chi connectivity index (χ0) is 32.5. The van der Waals surface area contributed by atoms with E-state index in [9.17, 15) is 4.39 Å². The molecule has 0 spiro atoms. The Morgan fingerprint density at radius 1 is 0.783 bits per heavy atom. The maximum atomic E-state index is 14.0. The average Bonchev–Trinajstić information content (AvgIpc) is 3.45. The predicted molar refractivity (Wildman–Crippen MR) is 187 cm³/mol. The molecular weight excluding hydrogens is 764 g/mol.